The van der Waals surface area contributed by atoms with Gasteiger partial charge in [0.05, 0.1) is 31.3 Å². The first-order valence-electron chi connectivity index (χ1n) is 5.57. The van der Waals surface area contributed by atoms with Gasteiger partial charge in [0.25, 0.3) is 0 Å². The highest BCUT2D eigenvalue weighted by molar-refractivity contribution is 9.10. The third-order valence-corrected chi connectivity index (χ3v) is 4.26. The standard InChI is InChI=1S/C12H14BrN3O2S/c1-14-11(9-6-15-16-19-9)7-4-5-8(17-2)10(13)12(7)18-3/h4-6,11,14H,1-3H3. The van der Waals surface area contributed by atoms with Crippen molar-refractivity contribution in [1.29, 1.82) is 0 Å². The second kappa shape index (κ2) is 6.31. The molecule has 1 atom stereocenters. The summed E-state index contributed by atoms with van der Waals surface area (Å²) in [6.45, 7) is 0. The molecule has 5 nitrogen and oxygen atoms in total. The number of nitrogens with one attached hydrogen (secondary N) is 1. The number of methoxy groups -OCH3 is 2. The van der Waals surface area contributed by atoms with Crippen molar-refractivity contribution in [3.63, 3.8) is 0 Å². The van der Waals surface area contributed by atoms with E-state index in [0.29, 0.717) is 0 Å². The van der Waals surface area contributed by atoms with E-state index in [9.17, 15) is 0 Å². The molecule has 0 saturated carbocycles. The van der Waals surface area contributed by atoms with Crippen LogP contribution in [0.5, 0.6) is 11.5 Å². The van der Waals surface area contributed by atoms with Crippen LogP contribution in [-0.2, 0) is 0 Å². The van der Waals surface area contributed by atoms with E-state index in [0.717, 1.165) is 26.4 Å². The largest absolute Gasteiger partial charge is 0.495 e. The molecule has 0 bridgehead atoms. The summed E-state index contributed by atoms with van der Waals surface area (Å²) in [5, 5.41) is 7.13. The third kappa shape index (κ3) is 2.72. The van der Waals surface area contributed by atoms with Gasteiger partial charge in [-0.2, -0.15) is 0 Å². The van der Waals surface area contributed by atoms with Crippen LogP contribution in [0.4, 0.5) is 0 Å². The number of hydrogen-bond donors (Lipinski definition) is 1. The molecular weight excluding hydrogens is 330 g/mol. The van der Waals surface area contributed by atoms with Gasteiger partial charge in [-0.1, -0.05) is 4.49 Å². The number of hydrogen-bond acceptors (Lipinski definition) is 6. The van der Waals surface area contributed by atoms with Gasteiger partial charge in [0.2, 0.25) is 0 Å². The van der Waals surface area contributed by atoms with Crippen molar-refractivity contribution < 1.29 is 9.47 Å². The number of ether oxygens (including phenoxy) is 2. The van der Waals surface area contributed by atoms with Gasteiger partial charge in [0.15, 0.2) is 0 Å². The first kappa shape index (κ1) is 14.2. The van der Waals surface area contributed by atoms with Gasteiger partial charge in [-0.15, -0.1) is 5.10 Å². The van der Waals surface area contributed by atoms with E-state index in [1.165, 1.54) is 11.5 Å². The Balaban J connectivity index is 2.52. The zero-order chi connectivity index (χ0) is 13.8. The van der Waals surface area contributed by atoms with Gasteiger partial charge in [0, 0.05) is 5.56 Å². The number of halogens is 1. The lowest BCUT2D eigenvalue weighted by Gasteiger charge is -2.19. The molecule has 0 aliphatic carbocycles. The fourth-order valence-electron chi connectivity index (χ4n) is 1.90. The normalized spacial score (nSPS) is 12.2. The minimum absolute atomic E-state index is 0.0165. The van der Waals surface area contributed by atoms with Gasteiger partial charge < -0.3 is 14.8 Å². The summed E-state index contributed by atoms with van der Waals surface area (Å²) < 4.78 is 15.5. The van der Waals surface area contributed by atoms with Crippen LogP contribution in [0, 0.1) is 0 Å². The van der Waals surface area contributed by atoms with Crippen LogP contribution in [-0.4, -0.2) is 30.9 Å². The van der Waals surface area contributed by atoms with Gasteiger partial charge in [-0.05, 0) is 46.6 Å². The van der Waals surface area contributed by atoms with Crippen LogP contribution >= 0.6 is 27.5 Å². The number of rotatable bonds is 5. The number of benzene rings is 1. The average Bonchev–Trinajstić information content (AvgIpc) is 2.94. The molecule has 19 heavy (non-hydrogen) atoms. The Hall–Kier alpha value is -1.18. The SMILES string of the molecule is CNC(c1cnns1)c1ccc(OC)c(Br)c1OC. The van der Waals surface area contributed by atoms with Crippen molar-refractivity contribution in [2.45, 2.75) is 6.04 Å². The predicted octanol–water partition coefficient (Wildman–Crippen LogP) is 2.63. The fourth-order valence-corrected chi connectivity index (χ4v) is 3.22. The predicted molar refractivity (Wildman–Crippen MR) is 78.1 cm³/mol. The highest BCUT2D eigenvalue weighted by atomic mass is 79.9. The fraction of sp³-hybridized carbons (Fsp3) is 0.333. The van der Waals surface area contributed by atoms with Crippen LogP contribution in [0.25, 0.3) is 0 Å². The zero-order valence-electron chi connectivity index (χ0n) is 10.8. The van der Waals surface area contributed by atoms with Crippen molar-refractivity contribution in [3.05, 3.63) is 33.2 Å². The summed E-state index contributed by atoms with van der Waals surface area (Å²) in [5.74, 6) is 1.48. The van der Waals surface area contributed by atoms with E-state index in [4.69, 9.17) is 9.47 Å². The molecule has 0 spiro atoms. The summed E-state index contributed by atoms with van der Waals surface area (Å²) in [6, 6.07) is 3.86. The van der Waals surface area contributed by atoms with Crippen molar-refractivity contribution in [2.75, 3.05) is 21.3 Å². The van der Waals surface area contributed by atoms with Crippen LogP contribution in [0.2, 0.25) is 0 Å². The molecule has 2 aromatic rings. The maximum absolute atomic E-state index is 5.50. The summed E-state index contributed by atoms with van der Waals surface area (Å²) in [5.41, 5.74) is 1.00. The molecule has 0 fully saturated rings. The topological polar surface area (TPSA) is 56.3 Å². The van der Waals surface area contributed by atoms with Gasteiger partial charge in [-0.3, -0.25) is 0 Å². The lowest BCUT2D eigenvalue weighted by Crippen LogP contribution is -2.17. The Morgan fingerprint density at radius 2 is 2.11 bits per heavy atom. The summed E-state index contributed by atoms with van der Waals surface area (Å²) in [4.78, 5) is 1.03. The van der Waals surface area contributed by atoms with E-state index in [1.54, 1.807) is 20.4 Å². The van der Waals surface area contributed by atoms with Gasteiger partial charge in [-0.25, -0.2) is 0 Å². The summed E-state index contributed by atoms with van der Waals surface area (Å²) >= 11 is 4.87. The van der Waals surface area contributed by atoms with Crippen LogP contribution in [0.3, 0.4) is 0 Å². The molecule has 1 N–H and O–H groups in total. The van der Waals surface area contributed by atoms with Crippen LogP contribution in [0.1, 0.15) is 16.5 Å². The second-order valence-electron chi connectivity index (χ2n) is 3.75. The highest BCUT2D eigenvalue weighted by Crippen LogP contribution is 2.41. The Labute approximate surface area is 124 Å². The smallest absolute Gasteiger partial charge is 0.141 e. The third-order valence-electron chi connectivity index (χ3n) is 2.78. The Morgan fingerprint density at radius 1 is 1.32 bits per heavy atom. The minimum Gasteiger partial charge on any atom is -0.495 e. The second-order valence-corrected chi connectivity index (χ2v) is 5.36. The molecule has 1 heterocycles. The molecule has 0 aliphatic heterocycles. The van der Waals surface area contributed by atoms with Crippen LogP contribution < -0.4 is 14.8 Å². The molecule has 7 heteroatoms. The lowest BCUT2D eigenvalue weighted by atomic mass is 10.0. The Bertz CT molecular complexity index is 548. The molecule has 1 aromatic carbocycles. The van der Waals surface area contributed by atoms with Gasteiger partial charge >= 0.3 is 0 Å². The molecule has 0 amide bonds. The molecule has 1 aromatic heterocycles. The average molecular weight is 344 g/mol. The summed E-state index contributed by atoms with van der Waals surface area (Å²) in [6.07, 6.45) is 1.75. The Morgan fingerprint density at radius 3 is 2.63 bits per heavy atom. The zero-order valence-corrected chi connectivity index (χ0v) is 13.2. The van der Waals surface area contributed by atoms with Crippen molar-refractivity contribution in [3.8, 4) is 11.5 Å². The highest BCUT2D eigenvalue weighted by Gasteiger charge is 2.22. The van der Waals surface area contributed by atoms with E-state index in [1.807, 2.05) is 19.2 Å². The van der Waals surface area contributed by atoms with E-state index in [2.05, 4.69) is 30.8 Å². The van der Waals surface area contributed by atoms with Crippen molar-refractivity contribution in [1.82, 2.24) is 14.9 Å². The van der Waals surface area contributed by atoms with E-state index in [-0.39, 0.29) is 6.04 Å². The van der Waals surface area contributed by atoms with Crippen molar-refractivity contribution in [2.24, 2.45) is 0 Å². The maximum atomic E-state index is 5.50. The summed E-state index contributed by atoms with van der Waals surface area (Å²) in [7, 11) is 5.16. The molecule has 2 rings (SSSR count). The van der Waals surface area contributed by atoms with E-state index < -0.39 is 0 Å². The quantitative estimate of drug-likeness (QED) is 0.904. The van der Waals surface area contributed by atoms with Crippen LogP contribution in [0.15, 0.2) is 22.8 Å². The molecule has 0 radical (unpaired) electrons. The minimum atomic E-state index is -0.0165. The molecule has 0 saturated heterocycles. The van der Waals surface area contributed by atoms with Crippen molar-refractivity contribution >= 4 is 27.5 Å². The monoisotopic (exact) mass is 343 g/mol. The molecule has 1 unspecified atom stereocenters. The first-order valence-corrected chi connectivity index (χ1v) is 7.14. The first-order chi connectivity index (χ1) is 9.22. The maximum Gasteiger partial charge on any atom is 0.141 e. The molecule has 102 valence electrons. The van der Waals surface area contributed by atoms with Gasteiger partial charge in [0.1, 0.15) is 16.0 Å². The van der Waals surface area contributed by atoms with E-state index >= 15 is 0 Å². The molecule has 0 aliphatic rings. The number of nitrogens with zero attached hydrogens (tertiary/aromatic N) is 2. The Kier molecular flexibility index (Phi) is 4.73. The lowest BCUT2D eigenvalue weighted by molar-refractivity contribution is 0.383. The number of aromatic nitrogens is 2. The molecular formula is C12H14BrN3O2S.